The van der Waals surface area contributed by atoms with Crippen LogP contribution >= 0.6 is 0 Å². The van der Waals surface area contributed by atoms with E-state index >= 15 is 0 Å². The normalized spacial score (nSPS) is 9.86. The zero-order valence-corrected chi connectivity index (χ0v) is 15.0. The Morgan fingerprint density at radius 1 is 1.00 bits per heavy atom. The lowest BCUT2D eigenvalue weighted by Gasteiger charge is -2.09. The predicted molar refractivity (Wildman–Crippen MR) is 104 cm³/mol. The maximum atomic E-state index is 12.3. The van der Waals surface area contributed by atoms with E-state index < -0.39 is 5.97 Å². The highest BCUT2D eigenvalue weighted by molar-refractivity contribution is 6.03. The summed E-state index contributed by atoms with van der Waals surface area (Å²) in [5.74, 6) is -0.777. The van der Waals surface area contributed by atoms with E-state index in [1.165, 1.54) is 13.3 Å². The van der Waals surface area contributed by atoms with E-state index in [1.54, 1.807) is 60.7 Å². The number of ether oxygens (including phenoxy) is 1. The van der Waals surface area contributed by atoms with Crippen molar-refractivity contribution in [2.24, 2.45) is 0 Å². The van der Waals surface area contributed by atoms with Crippen molar-refractivity contribution in [2.45, 2.75) is 0 Å². The van der Waals surface area contributed by atoms with Crippen molar-refractivity contribution >= 4 is 28.9 Å². The van der Waals surface area contributed by atoms with Crippen molar-refractivity contribution < 1.29 is 14.3 Å². The summed E-state index contributed by atoms with van der Waals surface area (Å²) in [6.07, 6.45) is 1.53. The Morgan fingerprint density at radius 3 is 2.39 bits per heavy atom. The molecule has 7 nitrogen and oxygen atoms in total. The van der Waals surface area contributed by atoms with Gasteiger partial charge < -0.3 is 15.4 Å². The highest BCUT2D eigenvalue weighted by atomic mass is 16.5. The van der Waals surface area contributed by atoms with Crippen LogP contribution in [-0.2, 0) is 4.74 Å². The number of hydrogen-bond acceptors (Lipinski definition) is 6. The number of methoxy groups -OCH3 is 1. The van der Waals surface area contributed by atoms with Gasteiger partial charge in [-0.05, 0) is 54.6 Å². The summed E-state index contributed by atoms with van der Waals surface area (Å²) in [5.41, 5.74) is 3.13. The third kappa shape index (κ3) is 4.51. The molecule has 1 amide bonds. The average molecular weight is 372 g/mol. The van der Waals surface area contributed by atoms with E-state index in [0.717, 1.165) is 0 Å². The highest BCUT2D eigenvalue weighted by Gasteiger charge is 2.09. The van der Waals surface area contributed by atoms with E-state index in [1.807, 2.05) is 6.07 Å². The highest BCUT2D eigenvalue weighted by Crippen LogP contribution is 2.18. The quantitative estimate of drug-likeness (QED) is 0.661. The molecule has 0 saturated carbocycles. The number of esters is 1. The standard InChI is InChI=1S/C21H16N4O3/c1-28-21(27)15-3-2-4-17(11-15)24-18-9-10-19(23-13-18)20(26)25-16-7-5-14(12-22)6-8-16/h2-11,13,24H,1H3,(H,25,26). The van der Waals surface area contributed by atoms with Gasteiger partial charge in [-0.25, -0.2) is 9.78 Å². The largest absolute Gasteiger partial charge is 0.465 e. The number of benzene rings is 2. The molecule has 0 aliphatic rings. The molecule has 7 heteroatoms. The minimum absolute atomic E-state index is 0.248. The van der Waals surface area contributed by atoms with Crippen LogP contribution in [0.2, 0.25) is 0 Å². The Balaban J connectivity index is 1.66. The van der Waals surface area contributed by atoms with Gasteiger partial charge >= 0.3 is 5.97 Å². The summed E-state index contributed by atoms with van der Waals surface area (Å²) in [6, 6.07) is 18.7. The van der Waals surface area contributed by atoms with Crippen molar-refractivity contribution in [3.05, 3.63) is 83.7 Å². The van der Waals surface area contributed by atoms with Gasteiger partial charge in [0.1, 0.15) is 5.69 Å². The van der Waals surface area contributed by atoms with Crippen LogP contribution in [0.25, 0.3) is 0 Å². The number of carbonyl (C=O) groups is 2. The van der Waals surface area contributed by atoms with E-state index in [4.69, 9.17) is 10.00 Å². The second kappa shape index (κ2) is 8.47. The van der Waals surface area contributed by atoms with Crippen molar-refractivity contribution in [1.29, 1.82) is 5.26 Å². The SMILES string of the molecule is COC(=O)c1cccc(Nc2ccc(C(=O)Nc3ccc(C#N)cc3)nc2)c1. The van der Waals surface area contributed by atoms with E-state index in [9.17, 15) is 9.59 Å². The molecular weight excluding hydrogens is 356 g/mol. The van der Waals surface area contributed by atoms with Crippen LogP contribution in [0.1, 0.15) is 26.4 Å². The number of hydrogen-bond donors (Lipinski definition) is 2. The predicted octanol–water partition coefficient (Wildman–Crippen LogP) is 3.74. The minimum atomic E-state index is -0.420. The van der Waals surface area contributed by atoms with E-state index in [-0.39, 0.29) is 11.6 Å². The Labute approximate surface area is 161 Å². The maximum absolute atomic E-state index is 12.3. The molecule has 0 saturated heterocycles. The molecule has 1 heterocycles. The molecule has 2 N–H and O–H groups in total. The van der Waals surface area contributed by atoms with Crippen LogP contribution in [0, 0.1) is 11.3 Å². The summed E-state index contributed by atoms with van der Waals surface area (Å²) < 4.78 is 4.71. The van der Waals surface area contributed by atoms with E-state index in [2.05, 4.69) is 15.6 Å². The summed E-state index contributed by atoms with van der Waals surface area (Å²) >= 11 is 0. The number of pyridine rings is 1. The number of nitrogens with zero attached hydrogens (tertiary/aromatic N) is 2. The molecule has 0 fully saturated rings. The van der Waals surface area contributed by atoms with Crippen LogP contribution in [0.15, 0.2) is 66.9 Å². The Morgan fingerprint density at radius 2 is 1.75 bits per heavy atom. The molecule has 3 rings (SSSR count). The van der Waals surface area contributed by atoms with Gasteiger partial charge in [-0.15, -0.1) is 0 Å². The van der Waals surface area contributed by atoms with Crippen LogP contribution in [0.3, 0.4) is 0 Å². The first-order valence-corrected chi connectivity index (χ1v) is 8.32. The molecule has 0 unspecified atom stereocenters. The second-order valence-corrected chi connectivity index (χ2v) is 5.77. The van der Waals surface area contributed by atoms with Crippen LogP contribution < -0.4 is 10.6 Å². The lowest BCUT2D eigenvalue weighted by atomic mass is 10.2. The van der Waals surface area contributed by atoms with Crippen molar-refractivity contribution in [2.75, 3.05) is 17.7 Å². The fourth-order valence-corrected chi connectivity index (χ4v) is 2.43. The smallest absolute Gasteiger partial charge is 0.337 e. The number of carbonyl (C=O) groups excluding carboxylic acids is 2. The summed E-state index contributed by atoms with van der Waals surface area (Å²) in [4.78, 5) is 28.0. The first-order valence-electron chi connectivity index (χ1n) is 8.32. The zero-order chi connectivity index (χ0) is 19.9. The van der Waals surface area contributed by atoms with E-state index in [0.29, 0.717) is 28.2 Å². The third-order valence-electron chi connectivity index (χ3n) is 3.84. The van der Waals surface area contributed by atoms with Gasteiger partial charge in [0.15, 0.2) is 0 Å². The second-order valence-electron chi connectivity index (χ2n) is 5.77. The number of nitrogens with one attached hydrogen (secondary N) is 2. The van der Waals surface area contributed by atoms with Gasteiger partial charge in [-0.3, -0.25) is 4.79 Å². The molecule has 2 aromatic carbocycles. The molecule has 1 aromatic heterocycles. The monoisotopic (exact) mass is 372 g/mol. The fraction of sp³-hybridized carbons (Fsp3) is 0.0476. The number of amides is 1. The Bertz CT molecular complexity index is 1040. The number of nitriles is 1. The van der Waals surface area contributed by atoms with Gasteiger partial charge in [-0.1, -0.05) is 6.07 Å². The van der Waals surface area contributed by atoms with Gasteiger partial charge in [0.05, 0.1) is 36.2 Å². The number of anilines is 3. The number of aromatic nitrogens is 1. The molecular formula is C21H16N4O3. The maximum Gasteiger partial charge on any atom is 0.337 e. The lowest BCUT2D eigenvalue weighted by Crippen LogP contribution is -2.13. The van der Waals surface area contributed by atoms with Crippen molar-refractivity contribution in [1.82, 2.24) is 4.98 Å². The molecule has 0 bridgehead atoms. The summed E-state index contributed by atoms with van der Waals surface area (Å²) in [5, 5.41) is 14.6. The molecule has 3 aromatic rings. The third-order valence-corrected chi connectivity index (χ3v) is 3.84. The Hall–Kier alpha value is -4.18. The van der Waals surface area contributed by atoms with Crippen LogP contribution in [-0.4, -0.2) is 24.0 Å². The first kappa shape index (κ1) is 18.6. The average Bonchev–Trinajstić information content (AvgIpc) is 2.74. The molecule has 0 aliphatic heterocycles. The van der Waals surface area contributed by atoms with Gasteiger partial charge in [-0.2, -0.15) is 5.26 Å². The molecule has 0 radical (unpaired) electrons. The van der Waals surface area contributed by atoms with Crippen molar-refractivity contribution in [3.63, 3.8) is 0 Å². The molecule has 28 heavy (non-hydrogen) atoms. The number of rotatable bonds is 5. The first-order chi connectivity index (χ1) is 13.6. The van der Waals surface area contributed by atoms with Gasteiger partial charge in [0, 0.05) is 11.4 Å². The van der Waals surface area contributed by atoms with Crippen LogP contribution in [0.4, 0.5) is 17.1 Å². The fourth-order valence-electron chi connectivity index (χ4n) is 2.43. The van der Waals surface area contributed by atoms with Crippen molar-refractivity contribution in [3.8, 4) is 6.07 Å². The molecule has 138 valence electrons. The summed E-state index contributed by atoms with van der Waals surface area (Å²) in [6.45, 7) is 0. The van der Waals surface area contributed by atoms with Gasteiger partial charge in [0.2, 0.25) is 0 Å². The Kier molecular flexibility index (Phi) is 5.63. The molecule has 0 spiro atoms. The lowest BCUT2D eigenvalue weighted by molar-refractivity contribution is 0.0600. The molecule has 0 atom stereocenters. The van der Waals surface area contributed by atoms with Gasteiger partial charge in [0.25, 0.3) is 5.91 Å². The minimum Gasteiger partial charge on any atom is -0.465 e. The zero-order valence-electron chi connectivity index (χ0n) is 15.0. The van der Waals surface area contributed by atoms with Crippen LogP contribution in [0.5, 0.6) is 0 Å². The topological polar surface area (TPSA) is 104 Å². The molecule has 0 aliphatic carbocycles. The summed E-state index contributed by atoms with van der Waals surface area (Å²) in [7, 11) is 1.33.